The molecule has 0 aliphatic heterocycles. The highest BCUT2D eigenvalue weighted by Crippen LogP contribution is 2.25. The molecule has 0 saturated carbocycles. The van der Waals surface area contributed by atoms with E-state index in [0.717, 1.165) is 12.8 Å². The number of nitrogens with one attached hydrogen (secondary N) is 3. The van der Waals surface area contributed by atoms with Crippen molar-refractivity contribution < 1.29 is 17.9 Å². The van der Waals surface area contributed by atoms with Crippen molar-refractivity contribution in [2.75, 3.05) is 20.7 Å². The van der Waals surface area contributed by atoms with Crippen molar-refractivity contribution in [2.45, 2.75) is 56.8 Å². The number of carbonyl (C=O) groups excluding carboxylic acids is 1. The third-order valence-corrected chi connectivity index (χ3v) is 6.00. The van der Waals surface area contributed by atoms with Gasteiger partial charge in [0.15, 0.2) is 5.11 Å². The van der Waals surface area contributed by atoms with E-state index in [4.69, 9.17) is 17.0 Å². The van der Waals surface area contributed by atoms with Gasteiger partial charge in [-0.3, -0.25) is 9.52 Å². The second-order valence-electron chi connectivity index (χ2n) is 6.46. The molecular weight excluding hydrogens is 398 g/mol. The Bertz CT molecular complexity index is 752. The van der Waals surface area contributed by atoms with Gasteiger partial charge in [0.2, 0.25) is 5.91 Å². The van der Waals surface area contributed by atoms with Crippen LogP contribution in [0.2, 0.25) is 0 Å². The first-order valence-electron chi connectivity index (χ1n) is 9.52. The van der Waals surface area contributed by atoms with E-state index in [1.54, 1.807) is 6.07 Å². The number of amides is 1. The number of ether oxygens (including phenoxy) is 1. The number of hydrogen-bond donors (Lipinski definition) is 3. The van der Waals surface area contributed by atoms with Gasteiger partial charge in [-0.2, -0.15) is 0 Å². The van der Waals surface area contributed by atoms with Gasteiger partial charge in [-0.05, 0) is 36.3 Å². The van der Waals surface area contributed by atoms with Gasteiger partial charge in [-0.25, -0.2) is 8.42 Å². The third-order valence-electron chi connectivity index (χ3n) is 4.19. The van der Waals surface area contributed by atoms with Gasteiger partial charge < -0.3 is 15.4 Å². The maximum atomic E-state index is 12.5. The number of thiocarbonyl (C=S) groups is 1. The van der Waals surface area contributed by atoms with Crippen LogP contribution in [0.4, 0.5) is 0 Å². The van der Waals surface area contributed by atoms with E-state index in [1.807, 2.05) is 0 Å². The SMILES string of the molecule is CCCCCCCCNC(=O)Cc1ccc(OC)c(S(=O)(=O)NC(=S)NC)c1. The number of rotatable bonds is 12. The first kappa shape index (κ1) is 24.2. The Morgan fingerprint density at radius 3 is 2.46 bits per heavy atom. The Morgan fingerprint density at radius 1 is 1.14 bits per heavy atom. The van der Waals surface area contributed by atoms with Crippen molar-refractivity contribution in [3.05, 3.63) is 23.8 Å². The van der Waals surface area contributed by atoms with E-state index in [0.29, 0.717) is 12.1 Å². The summed E-state index contributed by atoms with van der Waals surface area (Å²) in [5.41, 5.74) is 0.581. The van der Waals surface area contributed by atoms with Crippen molar-refractivity contribution in [3.63, 3.8) is 0 Å². The quantitative estimate of drug-likeness (QED) is 0.349. The fourth-order valence-electron chi connectivity index (χ4n) is 2.65. The highest BCUT2D eigenvalue weighted by molar-refractivity contribution is 7.92. The molecule has 0 aliphatic carbocycles. The lowest BCUT2D eigenvalue weighted by Crippen LogP contribution is -2.37. The molecule has 158 valence electrons. The fourth-order valence-corrected chi connectivity index (χ4v) is 4.16. The normalized spacial score (nSPS) is 11.0. The molecule has 1 aromatic rings. The fraction of sp³-hybridized carbons (Fsp3) is 0.579. The summed E-state index contributed by atoms with van der Waals surface area (Å²) in [6.07, 6.45) is 7.03. The average Bonchev–Trinajstić information content (AvgIpc) is 2.66. The first-order chi connectivity index (χ1) is 13.3. The summed E-state index contributed by atoms with van der Waals surface area (Å²) in [7, 11) is -1.01. The molecule has 9 heteroatoms. The highest BCUT2D eigenvalue weighted by Gasteiger charge is 2.21. The Morgan fingerprint density at radius 2 is 1.82 bits per heavy atom. The molecule has 0 bridgehead atoms. The smallest absolute Gasteiger partial charge is 0.267 e. The molecule has 28 heavy (non-hydrogen) atoms. The summed E-state index contributed by atoms with van der Waals surface area (Å²) in [6.45, 7) is 2.81. The second kappa shape index (κ2) is 12.6. The topological polar surface area (TPSA) is 96.5 Å². The van der Waals surface area contributed by atoms with Crippen LogP contribution in [-0.2, 0) is 21.2 Å². The van der Waals surface area contributed by atoms with Gasteiger partial charge in [0.1, 0.15) is 10.6 Å². The molecule has 0 aliphatic rings. The van der Waals surface area contributed by atoms with Crippen LogP contribution in [0, 0.1) is 0 Å². The summed E-state index contributed by atoms with van der Waals surface area (Å²) in [5, 5.41) is 5.42. The van der Waals surface area contributed by atoms with Crippen molar-refractivity contribution in [1.82, 2.24) is 15.4 Å². The first-order valence-corrected chi connectivity index (χ1v) is 11.4. The van der Waals surface area contributed by atoms with E-state index >= 15 is 0 Å². The number of unbranched alkanes of at least 4 members (excludes halogenated alkanes) is 5. The zero-order valence-electron chi connectivity index (χ0n) is 16.8. The van der Waals surface area contributed by atoms with Crippen LogP contribution in [0.3, 0.4) is 0 Å². The lowest BCUT2D eigenvalue weighted by atomic mass is 10.1. The largest absolute Gasteiger partial charge is 0.495 e. The lowest BCUT2D eigenvalue weighted by molar-refractivity contribution is -0.120. The summed E-state index contributed by atoms with van der Waals surface area (Å²) in [5.74, 6) is 0.0448. The molecule has 0 saturated heterocycles. The molecule has 1 rings (SSSR count). The zero-order chi connectivity index (χ0) is 21.0. The van der Waals surface area contributed by atoms with Crippen molar-refractivity contribution in [2.24, 2.45) is 0 Å². The molecule has 0 heterocycles. The number of sulfonamides is 1. The van der Waals surface area contributed by atoms with Gasteiger partial charge in [0.25, 0.3) is 10.0 Å². The molecule has 0 atom stereocenters. The molecule has 0 spiro atoms. The second-order valence-corrected chi connectivity index (χ2v) is 8.52. The minimum absolute atomic E-state index is 0.0239. The molecular formula is C19H31N3O4S2. The van der Waals surface area contributed by atoms with Crippen LogP contribution >= 0.6 is 12.2 Å². The van der Waals surface area contributed by atoms with Gasteiger partial charge in [-0.15, -0.1) is 0 Å². The van der Waals surface area contributed by atoms with Crippen molar-refractivity contribution in [1.29, 1.82) is 0 Å². The van der Waals surface area contributed by atoms with Crippen LogP contribution in [0.5, 0.6) is 5.75 Å². The van der Waals surface area contributed by atoms with Gasteiger partial charge in [0, 0.05) is 13.6 Å². The van der Waals surface area contributed by atoms with Crippen LogP contribution in [0.25, 0.3) is 0 Å². The summed E-state index contributed by atoms with van der Waals surface area (Å²) < 4.78 is 32.4. The monoisotopic (exact) mass is 429 g/mol. The molecule has 0 radical (unpaired) electrons. The summed E-state index contributed by atoms with van der Waals surface area (Å²) in [6, 6.07) is 4.65. The molecule has 1 aromatic carbocycles. The van der Waals surface area contributed by atoms with Crippen LogP contribution in [0.15, 0.2) is 23.1 Å². The maximum Gasteiger partial charge on any atom is 0.267 e. The van der Waals surface area contributed by atoms with Crippen molar-refractivity contribution in [3.8, 4) is 5.75 Å². The zero-order valence-corrected chi connectivity index (χ0v) is 18.5. The molecule has 0 aromatic heterocycles. The van der Waals surface area contributed by atoms with E-state index in [9.17, 15) is 13.2 Å². The van der Waals surface area contributed by atoms with Crippen LogP contribution in [0.1, 0.15) is 51.0 Å². The minimum atomic E-state index is -3.92. The third kappa shape index (κ3) is 8.43. The minimum Gasteiger partial charge on any atom is -0.495 e. The standard InChI is InChI=1S/C19H31N3O4S2/c1-4-5-6-7-8-9-12-21-18(23)14-15-10-11-16(26-3)17(13-15)28(24,25)22-19(27)20-2/h10-11,13H,4-9,12,14H2,1-3H3,(H,21,23)(H2,20,22,27). The average molecular weight is 430 g/mol. The molecule has 7 nitrogen and oxygen atoms in total. The van der Waals surface area contributed by atoms with Gasteiger partial charge in [0.05, 0.1) is 13.5 Å². The lowest BCUT2D eigenvalue weighted by Gasteiger charge is -2.13. The molecule has 0 fully saturated rings. The van der Waals surface area contributed by atoms with E-state index in [-0.39, 0.29) is 28.1 Å². The Kier molecular flexibility index (Phi) is 10.8. The molecule has 1 amide bonds. The predicted octanol–water partition coefficient (Wildman–Crippen LogP) is 2.50. The number of hydrogen-bond acceptors (Lipinski definition) is 5. The molecule has 0 unspecified atom stereocenters. The molecule has 3 N–H and O–H groups in total. The Labute approximate surface area is 173 Å². The van der Waals surface area contributed by atoms with Crippen LogP contribution < -0.4 is 20.1 Å². The van der Waals surface area contributed by atoms with E-state index in [1.165, 1.54) is 52.0 Å². The predicted molar refractivity (Wildman–Crippen MR) is 115 cm³/mol. The van der Waals surface area contributed by atoms with Gasteiger partial charge >= 0.3 is 0 Å². The highest BCUT2D eigenvalue weighted by atomic mass is 32.2. The van der Waals surface area contributed by atoms with E-state index in [2.05, 4.69) is 22.3 Å². The Hall–Kier alpha value is -1.87. The number of carbonyl (C=O) groups is 1. The maximum absolute atomic E-state index is 12.5. The Balaban J connectivity index is 2.67. The van der Waals surface area contributed by atoms with Gasteiger partial charge in [-0.1, -0.05) is 45.1 Å². The summed E-state index contributed by atoms with van der Waals surface area (Å²) in [4.78, 5) is 12.1. The number of methoxy groups -OCH3 is 1. The summed E-state index contributed by atoms with van der Waals surface area (Å²) >= 11 is 4.87. The van der Waals surface area contributed by atoms with Crippen LogP contribution in [-0.4, -0.2) is 40.1 Å². The van der Waals surface area contributed by atoms with E-state index < -0.39 is 10.0 Å². The number of benzene rings is 1. The van der Waals surface area contributed by atoms with Crippen molar-refractivity contribution >= 4 is 33.3 Å².